The zero-order valence-corrected chi connectivity index (χ0v) is 15.3. The van der Waals surface area contributed by atoms with Crippen LogP contribution in [0.15, 0.2) is 54.7 Å². The predicted octanol–water partition coefficient (Wildman–Crippen LogP) is 5.47. The molecule has 1 atom stereocenters. The zero-order chi connectivity index (χ0) is 17.1. The Morgan fingerprint density at radius 1 is 1.20 bits per heavy atom. The fourth-order valence-electron chi connectivity index (χ4n) is 3.09. The summed E-state index contributed by atoms with van der Waals surface area (Å²) in [6.45, 7) is 1.54. The molecule has 0 radical (unpaired) electrons. The van der Waals surface area contributed by atoms with Crippen molar-refractivity contribution in [1.29, 1.82) is 0 Å². The first-order valence-electron chi connectivity index (χ1n) is 8.45. The first kappa shape index (κ1) is 16.6. The maximum Gasteiger partial charge on any atom is 0.125 e. The molecule has 0 bridgehead atoms. The van der Waals surface area contributed by atoms with Gasteiger partial charge in [0.05, 0.1) is 6.61 Å². The van der Waals surface area contributed by atoms with E-state index in [2.05, 4.69) is 28.5 Å². The predicted molar refractivity (Wildman–Crippen MR) is 103 cm³/mol. The topological polar surface area (TPSA) is 34.1 Å². The monoisotopic (exact) mass is 370 g/mol. The first-order valence-corrected chi connectivity index (χ1v) is 9.65. The van der Waals surface area contributed by atoms with E-state index in [-0.39, 0.29) is 6.04 Å². The largest absolute Gasteiger partial charge is 0.493 e. The van der Waals surface area contributed by atoms with Crippen molar-refractivity contribution in [3.63, 3.8) is 0 Å². The number of hydrogen-bond donors (Lipinski definition) is 1. The van der Waals surface area contributed by atoms with Crippen LogP contribution in [0.1, 0.15) is 29.3 Å². The molecule has 1 aliphatic heterocycles. The summed E-state index contributed by atoms with van der Waals surface area (Å²) in [4.78, 5) is 5.80. The van der Waals surface area contributed by atoms with Crippen LogP contribution in [0.2, 0.25) is 5.02 Å². The highest BCUT2D eigenvalue weighted by Crippen LogP contribution is 2.34. The number of thiazole rings is 1. The lowest BCUT2D eigenvalue weighted by atomic mass is 10.0. The van der Waals surface area contributed by atoms with Crippen molar-refractivity contribution in [3.8, 4) is 16.3 Å². The minimum atomic E-state index is 0.275. The number of nitrogens with one attached hydrogen (secondary N) is 1. The number of fused-ring (bicyclic) bond motifs is 1. The zero-order valence-electron chi connectivity index (χ0n) is 13.7. The average molecular weight is 371 g/mol. The summed E-state index contributed by atoms with van der Waals surface area (Å²) in [5.74, 6) is 0.900. The van der Waals surface area contributed by atoms with Crippen LogP contribution in [0.5, 0.6) is 5.75 Å². The van der Waals surface area contributed by atoms with Gasteiger partial charge in [0.1, 0.15) is 10.8 Å². The van der Waals surface area contributed by atoms with Crippen molar-refractivity contribution < 1.29 is 4.74 Å². The Kier molecular flexibility index (Phi) is 5.02. The highest BCUT2D eigenvalue weighted by Gasteiger charge is 2.20. The van der Waals surface area contributed by atoms with Crippen LogP contribution in [-0.4, -0.2) is 11.6 Å². The van der Waals surface area contributed by atoms with Crippen molar-refractivity contribution in [2.75, 3.05) is 6.61 Å². The summed E-state index contributed by atoms with van der Waals surface area (Å²) in [5, 5.41) is 5.45. The minimum Gasteiger partial charge on any atom is -0.493 e. The van der Waals surface area contributed by atoms with Crippen LogP contribution in [0, 0.1) is 0 Å². The van der Waals surface area contributed by atoms with Gasteiger partial charge in [-0.25, -0.2) is 4.98 Å². The average Bonchev–Trinajstić information content (AvgIpc) is 3.02. The Labute approximate surface area is 156 Å². The maximum absolute atomic E-state index is 6.10. The maximum atomic E-state index is 6.10. The molecule has 4 rings (SSSR count). The van der Waals surface area contributed by atoms with Gasteiger partial charge in [0.15, 0.2) is 0 Å². The molecule has 1 N–H and O–H groups in total. The van der Waals surface area contributed by atoms with E-state index in [1.807, 2.05) is 36.5 Å². The number of hydrogen-bond acceptors (Lipinski definition) is 4. The van der Waals surface area contributed by atoms with Gasteiger partial charge in [0.25, 0.3) is 0 Å². The molecule has 0 saturated carbocycles. The van der Waals surface area contributed by atoms with E-state index in [0.717, 1.165) is 36.8 Å². The summed E-state index contributed by atoms with van der Waals surface area (Å²) in [6, 6.07) is 16.5. The third-order valence-electron chi connectivity index (χ3n) is 4.34. The number of nitrogens with zero attached hydrogens (tertiary/aromatic N) is 1. The van der Waals surface area contributed by atoms with Gasteiger partial charge < -0.3 is 10.1 Å². The normalized spacial score (nSPS) is 16.8. The summed E-state index contributed by atoms with van der Waals surface area (Å²) in [7, 11) is 0. The van der Waals surface area contributed by atoms with Crippen molar-refractivity contribution in [2.45, 2.75) is 25.4 Å². The number of ether oxygens (including phenoxy) is 1. The van der Waals surface area contributed by atoms with E-state index < -0.39 is 0 Å². The molecule has 0 amide bonds. The Morgan fingerprint density at radius 2 is 2.08 bits per heavy atom. The van der Waals surface area contributed by atoms with E-state index in [1.54, 1.807) is 11.3 Å². The minimum absolute atomic E-state index is 0.275. The second kappa shape index (κ2) is 7.56. The fraction of sp³-hybridized carbons (Fsp3) is 0.250. The number of rotatable bonds is 4. The SMILES string of the molecule is Clc1ccc2c(c1)OCCC[C@@H]2NCc1cnc(-c2ccccc2)s1. The third-order valence-corrected chi connectivity index (χ3v) is 5.62. The van der Waals surface area contributed by atoms with Gasteiger partial charge in [-0.3, -0.25) is 0 Å². The van der Waals surface area contributed by atoms with Crippen LogP contribution in [0.25, 0.3) is 10.6 Å². The van der Waals surface area contributed by atoms with Crippen molar-refractivity contribution in [3.05, 3.63) is 70.2 Å². The lowest BCUT2D eigenvalue weighted by molar-refractivity contribution is 0.315. The summed E-state index contributed by atoms with van der Waals surface area (Å²) < 4.78 is 5.84. The molecule has 0 saturated heterocycles. The van der Waals surface area contributed by atoms with Gasteiger partial charge in [0, 0.05) is 39.8 Å². The van der Waals surface area contributed by atoms with Crippen LogP contribution < -0.4 is 10.1 Å². The van der Waals surface area contributed by atoms with E-state index in [9.17, 15) is 0 Å². The van der Waals surface area contributed by atoms with E-state index in [4.69, 9.17) is 16.3 Å². The van der Waals surface area contributed by atoms with Gasteiger partial charge in [-0.15, -0.1) is 11.3 Å². The molecule has 3 aromatic rings. The molecule has 0 fully saturated rings. The van der Waals surface area contributed by atoms with Gasteiger partial charge in [-0.05, 0) is 25.0 Å². The fourth-order valence-corrected chi connectivity index (χ4v) is 4.12. The van der Waals surface area contributed by atoms with Gasteiger partial charge in [0.2, 0.25) is 0 Å². The third kappa shape index (κ3) is 3.87. The van der Waals surface area contributed by atoms with Crippen LogP contribution >= 0.6 is 22.9 Å². The molecule has 0 unspecified atom stereocenters. The van der Waals surface area contributed by atoms with Crippen LogP contribution in [0.3, 0.4) is 0 Å². The second-order valence-electron chi connectivity index (χ2n) is 6.10. The standard InChI is InChI=1S/C20H19ClN2OS/c21-15-8-9-17-18(7-4-10-24-19(17)11-15)22-12-16-13-23-20(25-16)14-5-2-1-3-6-14/h1-3,5-6,8-9,11,13,18,22H,4,7,10,12H2/t18-/m0/s1. The van der Waals surface area contributed by atoms with Gasteiger partial charge in [-0.1, -0.05) is 48.0 Å². The van der Waals surface area contributed by atoms with Crippen molar-refractivity contribution >= 4 is 22.9 Å². The highest BCUT2D eigenvalue weighted by atomic mass is 35.5. The Bertz CT molecular complexity index is 850. The number of benzene rings is 2. The molecule has 0 spiro atoms. The molecule has 25 heavy (non-hydrogen) atoms. The Balaban J connectivity index is 1.48. The lowest BCUT2D eigenvalue weighted by Gasteiger charge is -2.18. The second-order valence-corrected chi connectivity index (χ2v) is 7.66. The van der Waals surface area contributed by atoms with Gasteiger partial charge >= 0.3 is 0 Å². The molecule has 128 valence electrons. The molecule has 2 aromatic carbocycles. The summed E-state index contributed by atoms with van der Waals surface area (Å²) >= 11 is 7.84. The molecular formula is C20H19ClN2OS. The first-order chi connectivity index (χ1) is 12.3. The van der Waals surface area contributed by atoms with Crippen molar-refractivity contribution in [1.82, 2.24) is 10.3 Å². The number of aromatic nitrogens is 1. The molecule has 2 heterocycles. The van der Waals surface area contributed by atoms with Crippen molar-refractivity contribution in [2.24, 2.45) is 0 Å². The van der Waals surface area contributed by atoms with E-state index in [1.165, 1.54) is 16.0 Å². The molecule has 1 aliphatic rings. The quantitative estimate of drug-likeness (QED) is 0.661. The number of halogens is 1. The summed E-state index contributed by atoms with van der Waals surface area (Å²) in [6.07, 6.45) is 4.05. The molecular weight excluding hydrogens is 352 g/mol. The lowest BCUT2D eigenvalue weighted by Crippen LogP contribution is -2.20. The van der Waals surface area contributed by atoms with Crippen LogP contribution in [0.4, 0.5) is 0 Å². The van der Waals surface area contributed by atoms with Gasteiger partial charge in [-0.2, -0.15) is 0 Å². The molecule has 5 heteroatoms. The molecule has 3 nitrogen and oxygen atoms in total. The van der Waals surface area contributed by atoms with Crippen LogP contribution in [-0.2, 0) is 6.54 Å². The van der Waals surface area contributed by atoms with E-state index >= 15 is 0 Å². The Hall–Kier alpha value is -1.88. The highest BCUT2D eigenvalue weighted by molar-refractivity contribution is 7.15. The molecule has 1 aromatic heterocycles. The van der Waals surface area contributed by atoms with E-state index in [0.29, 0.717) is 5.02 Å². The summed E-state index contributed by atoms with van der Waals surface area (Å²) in [5.41, 5.74) is 2.36. The Morgan fingerprint density at radius 3 is 2.96 bits per heavy atom. The smallest absolute Gasteiger partial charge is 0.125 e. The molecule has 0 aliphatic carbocycles.